The molecule has 5 nitrogen and oxygen atoms in total. The van der Waals surface area contributed by atoms with Crippen molar-refractivity contribution in [2.75, 3.05) is 5.32 Å². The maximum atomic E-state index is 12.4. The van der Waals surface area contributed by atoms with E-state index in [0.29, 0.717) is 6.42 Å². The number of nitrogens with one attached hydrogen (secondary N) is 1. The monoisotopic (exact) mass is 288 g/mol. The van der Waals surface area contributed by atoms with E-state index in [1.165, 1.54) is 5.56 Å². The molecule has 2 heterocycles. The zero-order valence-corrected chi connectivity index (χ0v) is 12.1. The first-order chi connectivity index (χ1) is 10.1. The van der Waals surface area contributed by atoms with Gasteiger partial charge in [-0.2, -0.15) is 0 Å². The van der Waals surface area contributed by atoms with Crippen LogP contribution in [0.5, 0.6) is 0 Å². The Bertz CT molecular complexity index is 555. The number of amides is 2. The lowest BCUT2D eigenvalue weighted by Crippen LogP contribution is -2.40. The largest absolute Gasteiger partial charge is 0.481 e. The highest BCUT2D eigenvalue weighted by molar-refractivity contribution is 5.91. The van der Waals surface area contributed by atoms with Crippen LogP contribution < -0.4 is 5.32 Å². The summed E-state index contributed by atoms with van der Waals surface area (Å²) in [5, 5.41) is 12.1. The molecule has 21 heavy (non-hydrogen) atoms. The first kappa shape index (κ1) is 13.9. The van der Waals surface area contributed by atoms with E-state index in [4.69, 9.17) is 0 Å². The second-order valence-corrected chi connectivity index (χ2v) is 5.87. The van der Waals surface area contributed by atoms with Crippen molar-refractivity contribution in [3.05, 3.63) is 29.8 Å². The highest BCUT2D eigenvalue weighted by Gasteiger charge is 2.51. The van der Waals surface area contributed by atoms with Gasteiger partial charge in [0.05, 0.1) is 5.92 Å². The van der Waals surface area contributed by atoms with E-state index in [1.54, 1.807) is 4.90 Å². The van der Waals surface area contributed by atoms with Gasteiger partial charge >= 0.3 is 12.0 Å². The fourth-order valence-electron chi connectivity index (χ4n) is 3.58. The van der Waals surface area contributed by atoms with Crippen molar-refractivity contribution in [3.8, 4) is 0 Å². The van der Waals surface area contributed by atoms with Gasteiger partial charge < -0.3 is 15.3 Å². The van der Waals surface area contributed by atoms with Gasteiger partial charge in [0.1, 0.15) is 0 Å². The Morgan fingerprint density at radius 1 is 1.29 bits per heavy atom. The highest BCUT2D eigenvalue weighted by atomic mass is 16.4. The molecule has 5 heteroatoms. The number of carbonyl (C=O) groups is 2. The Hall–Kier alpha value is -2.04. The molecule has 0 saturated carbocycles. The van der Waals surface area contributed by atoms with E-state index in [9.17, 15) is 14.7 Å². The number of carbonyl (C=O) groups excluding carboxylic acids is 1. The molecule has 1 aromatic carbocycles. The first-order valence-corrected chi connectivity index (χ1v) is 7.51. The Morgan fingerprint density at radius 2 is 2.00 bits per heavy atom. The minimum atomic E-state index is -0.785. The zero-order chi connectivity index (χ0) is 15.0. The van der Waals surface area contributed by atoms with Gasteiger partial charge in [0.15, 0.2) is 0 Å². The van der Waals surface area contributed by atoms with E-state index in [-0.39, 0.29) is 18.1 Å². The molecule has 0 radical (unpaired) electrons. The van der Waals surface area contributed by atoms with Gasteiger partial charge in [0.25, 0.3) is 0 Å². The molecule has 2 saturated heterocycles. The number of fused-ring (bicyclic) bond motifs is 2. The molecule has 2 fully saturated rings. The summed E-state index contributed by atoms with van der Waals surface area (Å²) in [6.45, 7) is 2.08. The number of nitrogens with zero attached hydrogens (tertiary/aromatic N) is 1. The third kappa shape index (κ3) is 2.48. The number of hydrogen-bond acceptors (Lipinski definition) is 2. The smallest absolute Gasteiger partial charge is 0.322 e. The van der Waals surface area contributed by atoms with Crippen LogP contribution in [-0.4, -0.2) is 34.1 Å². The minimum absolute atomic E-state index is 0.0750. The molecule has 2 bridgehead atoms. The fraction of sp³-hybridized carbons (Fsp3) is 0.500. The Morgan fingerprint density at radius 3 is 2.57 bits per heavy atom. The van der Waals surface area contributed by atoms with Gasteiger partial charge in [-0.15, -0.1) is 0 Å². The summed E-state index contributed by atoms with van der Waals surface area (Å²) in [6.07, 6.45) is 3.26. The Labute approximate surface area is 123 Å². The number of urea groups is 1. The summed E-state index contributed by atoms with van der Waals surface area (Å²) in [4.78, 5) is 25.4. The van der Waals surface area contributed by atoms with Crippen LogP contribution in [0, 0.1) is 5.92 Å². The summed E-state index contributed by atoms with van der Waals surface area (Å²) in [7, 11) is 0. The molecular weight excluding hydrogens is 268 g/mol. The summed E-state index contributed by atoms with van der Waals surface area (Å²) in [5.41, 5.74) is 1.98. The number of carboxylic acids is 1. The van der Waals surface area contributed by atoms with E-state index in [2.05, 4.69) is 12.2 Å². The van der Waals surface area contributed by atoms with Gasteiger partial charge in [-0.05, 0) is 43.4 Å². The molecule has 2 N–H and O–H groups in total. The number of hydrogen-bond donors (Lipinski definition) is 2. The highest BCUT2D eigenvalue weighted by Crippen LogP contribution is 2.42. The van der Waals surface area contributed by atoms with Crippen LogP contribution >= 0.6 is 0 Å². The Kier molecular flexibility index (Phi) is 3.57. The average Bonchev–Trinajstić information content (AvgIpc) is 3.05. The third-order valence-electron chi connectivity index (χ3n) is 4.70. The average molecular weight is 288 g/mol. The van der Waals surface area contributed by atoms with Gasteiger partial charge in [-0.25, -0.2) is 4.79 Å². The minimum Gasteiger partial charge on any atom is -0.481 e. The first-order valence-electron chi connectivity index (χ1n) is 7.51. The summed E-state index contributed by atoms with van der Waals surface area (Å²) >= 11 is 0. The van der Waals surface area contributed by atoms with Crippen molar-refractivity contribution in [3.63, 3.8) is 0 Å². The molecule has 2 amide bonds. The molecule has 0 aromatic heterocycles. The fourth-order valence-corrected chi connectivity index (χ4v) is 3.58. The molecule has 112 valence electrons. The lowest BCUT2D eigenvalue weighted by atomic mass is 9.89. The molecule has 2 aliphatic rings. The third-order valence-corrected chi connectivity index (χ3v) is 4.70. The SMILES string of the molecule is CCc1ccc(NC(=O)N2C3CCC2C(C(=O)O)C3)cc1. The summed E-state index contributed by atoms with van der Waals surface area (Å²) in [5.74, 6) is -1.19. The van der Waals surface area contributed by atoms with Gasteiger partial charge in [-0.1, -0.05) is 19.1 Å². The van der Waals surface area contributed by atoms with Gasteiger partial charge in [0, 0.05) is 17.8 Å². The number of aryl methyl sites for hydroxylation is 1. The van der Waals surface area contributed by atoms with Crippen LogP contribution in [0.3, 0.4) is 0 Å². The van der Waals surface area contributed by atoms with Crippen molar-refractivity contribution in [2.24, 2.45) is 5.92 Å². The quantitative estimate of drug-likeness (QED) is 0.898. The molecule has 0 aliphatic carbocycles. The maximum Gasteiger partial charge on any atom is 0.322 e. The van der Waals surface area contributed by atoms with Crippen LogP contribution in [-0.2, 0) is 11.2 Å². The van der Waals surface area contributed by atoms with Crippen molar-refractivity contribution in [1.29, 1.82) is 0 Å². The van der Waals surface area contributed by atoms with Gasteiger partial charge in [-0.3, -0.25) is 4.79 Å². The molecule has 3 rings (SSSR count). The number of anilines is 1. The topological polar surface area (TPSA) is 69.6 Å². The second-order valence-electron chi connectivity index (χ2n) is 5.87. The molecule has 3 atom stereocenters. The van der Waals surface area contributed by atoms with Crippen LogP contribution in [0.2, 0.25) is 0 Å². The van der Waals surface area contributed by atoms with Crippen molar-refractivity contribution >= 4 is 17.7 Å². The second kappa shape index (κ2) is 5.39. The number of aliphatic carboxylic acids is 1. The summed E-state index contributed by atoms with van der Waals surface area (Å²) < 4.78 is 0. The van der Waals surface area contributed by atoms with Crippen LogP contribution in [0.25, 0.3) is 0 Å². The van der Waals surface area contributed by atoms with E-state index in [1.807, 2.05) is 24.3 Å². The summed E-state index contributed by atoms with van der Waals surface area (Å²) in [6, 6.07) is 7.53. The van der Waals surface area contributed by atoms with Crippen molar-refractivity contribution in [2.45, 2.75) is 44.7 Å². The van der Waals surface area contributed by atoms with E-state index in [0.717, 1.165) is 24.9 Å². The van der Waals surface area contributed by atoms with E-state index >= 15 is 0 Å². The molecule has 3 unspecified atom stereocenters. The number of carboxylic acid groups (broad SMARTS) is 1. The van der Waals surface area contributed by atoms with Gasteiger partial charge in [0.2, 0.25) is 0 Å². The Balaban J connectivity index is 1.69. The standard InChI is InChI=1S/C16H20N2O3/c1-2-10-3-5-11(6-4-10)17-16(21)18-12-7-8-14(18)13(9-12)15(19)20/h3-6,12-14H,2,7-9H2,1H3,(H,17,21)(H,19,20). The lowest BCUT2D eigenvalue weighted by molar-refractivity contribution is -0.142. The molecular formula is C16H20N2O3. The van der Waals surface area contributed by atoms with Crippen LogP contribution in [0.1, 0.15) is 31.7 Å². The zero-order valence-electron chi connectivity index (χ0n) is 12.1. The van der Waals surface area contributed by atoms with Crippen LogP contribution in [0.15, 0.2) is 24.3 Å². The predicted octanol–water partition coefficient (Wildman–Crippen LogP) is 2.72. The molecule has 1 aromatic rings. The van der Waals surface area contributed by atoms with Crippen molar-refractivity contribution < 1.29 is 14.7 Å². The lowest BCUT2D eigenvalue weighted by Gasteiger charge is -2.23. The predicted molar refractivity (Wildman–Crippen MR) is 79.2 cm³/mol. The molecule has 2 aliphatic heterocycles. The number of benzene rings is 1. The number of rotatable bonds is 3. The van der Waals surface area contributed by atoms with E-state index < -0.39 is 11.9 Å². The molecule has 0 spiro atoms. The maximum absolute atomic E-state index is 12.4. The van der Waals surface area contributed by atoms with Crippen LogP contribution in [0.4, 0.5) is 10.5 Å². The van der Waals surface area contributed by atoms with Crippen molar-refractivity contribution in [1.82, 2.24) is 4.90 Å². The normalized spacial score (nSPS) is 26.9.